The van der Waals surface area contributed by atoms with Gasteiger partial charge in [-0.3, -0.25) is 9.78 Å². The number of nitrogens with zero attached hydrogens (tertiary/aromatic N) is 2. The summed E-state index contributed by atoms with van der Waals surface area (Å²) in [4.78, 5) is 24.2. The van der Waals surface area contributed by atoms with Crippen LogP contribution in [0.2, 0.25) is 10.0 Å². The maximum atomic E-state index is 12.4. The Morgan fingerprint density at radius 2 is 1.81 bits per heavy atom. The minimum Gasteiger partial charge on any atom is -0.338 e. The first-order chi connectivity index (χ1) is 12.6. The third kappa shape index (κ3) is 3.27. The number of halogens is 2. The number of imidazole rings is 1. The molecule has 0 saturated carbocycles. The van der Waals surface area contributed by atoms with Crippen LogP contribution in [0.1, 0.15) is 10.4 Å². The summed E-state index contributed by atoms with van der Waals surface area (Å²) in [7, 11) is 0. The van der Waals surface area contributed by atoms with E-state index < -0.39 is 0 Å². The smallest absolute Gasteiger partial charge is 0.257 e. The number of nitrogens with one attached hydrogen (secondary N) is 2. The number of carbonyl (C=O) groups is 1. The number of benzene rings is 2. The lowest BCUT2D eigenvalue weighted by Crippen LogP contribution is -2.12. The van der Waals surface area contributed by atoms with Crippen molar-refractivity contribution in [3.05, 3.63) is 76.5 Å². The number of rotatable bonds is 3. The Labute approximate surface area is 159 Å². The minimum absolute atomic E-state index is 0.303. The van der Waals surface area contributed by atoms with Gasteiger partial charge in [-0.05, 0) is 48.5 Å². The van der Waals surface area contributed by atoms with Crippen molar-refractivity contribution in [2.24, 2.45) is 0 Å². The molecule has 1 amide bonds. The number of anilines is 1. The van der Waals surface area contributed by atoms with Gasteiger partial charge < -0.3 is 10.3 Å². The van der Waals surface area contributed by atoms with Crippen molar-refractivity contribution in [3.63, 3.8) is 0 Å². The second-order valence-electron chi connectivity index (χ2n) is 5.63. The Hall–Kier alpha value is -2.89. The number of pyridine rings is 1. The Kier molecular flexibility index (Phi) is 4.32. The second kappa shape index (κ2) is 6.78. The maximum Gasteiger partial charge on any atom is 0.257 e. The number of hydrogen-bond donors (Lipinski definition) is 2. The zero-order chi connectivity index (χ0) is 18.1. The van der Waals surface area contributed by atoms with E-state index in [0.717, 1.165) is 22.4 Å². The van der Waals surface area contributed by atoms with E-state index in [9.17, 15) is 4.79 Å². The van der Waals surface area contributed by atoms with Crippen LogP contribution >= 0.6 is 23.2 Å². The van der Waals surface area contributed by atoms with Crippen LogP contribution in [0.3, 0.4) is 0 Å². The quantitative estimate of drug-likeness (QED) is 0.512. The molecule has 0 unspecified atom stereocenters. The van der Waals surface area contributed by atoms with E-state index in [1.165, 1.54) is 6.07 Å². The Morgan fingerprint density at radius 1 is 1.00 bits per heavy atom. The monoisotopic (exact) mass is 382 g/mol. The van der Waals surface area contributed by atoms with Crippen LogP contribution < -0.4 is 5.32 Å². The summed E-state index contributed by atoms with van der Waals surface area (Å²) in [6.07, 6.45) is 3.42. The molecule has 26 heavy (non-hydrogen) atoms. The molecule has 4 rings (SSSR count). The number of H-pyrrole nitrogens is 1. The standard InChI is InChI=1S/C19H12Cl2N4O/c20-12-1-3-14(15(21)9-12)19(26)23-13-2-4-16-17(10-13)25-18(24-16)11-5-7-22-8-6-11/h1-10H,(H,23,26)(H,24,25). The molecule has 0 radical (unpaired) electrons. The number of amides is 1. The molecule has 0 saturated heterocycles. The fraction of sp³-hybridized carbons (Fsp3) is 0. The average molecular weight is 383 g/mol. The molecule has 7 heteroatoms. The highest BCUT2D eigenvalue weighted by atomic mass is 35.5. The normalized spacial score (nSPS) is 10.8. The predicted octanol–water partition coefficient (Wildman–Crippen LogP) is 5.18. The van der Waals surface area contributed by atoms with Gasteiger partial charge in [-0.1, -0.05) is 23.2 Å². The first kappa shape index (κ1) is 16.6. The number of fused-ring (bicyclic) bond motifs is 1. The molecule has 0 spiro atoms. The SMILES string of the molecule is O=C(Nc1ccc2nc(-c3ccncc3)[nH]c2c1)c1ccc(Cl)cc1Cl. The Balaban J connectivity index is 1.62. The lowest BCUT2D eigenvalue weighted by Gasteiger charge is -2.07. The summed E-state index contributed by atoms with van der Waals surface area (Å²) in [6, 6.07) is 14.0. The summed E-state index contributed by atoms with van der Waals surface area (Å²) in [6.45, 7) is 0. The van der Waals surface area contributed by atoms with Crippen LogP contribution in [0.15, 0.2) is 60.9 Å². The van der Waals surface area contributed by atoms with Crippen molar-refractivity contribution < 1.29 is 4.79 Å². The van der Waals surface area contributed by atoms with Gasteiger partial charge in [0, 0.05) is 28.7 Å². The third-order valence-electron chi connectivity index (χ3n) is 3.87. The fourth-order valence-corrected chi connectivity index (χ4v) is 3.10. The van der Waals surface area contributed by atoms with Crippen molar-refractivity contribution >= 4 is 45.8 Å². The van der Waals surface area contributed by atoms with Gasteiger partial charge in [0.2, 0.25) is 0 Å². The largest absolute Gasteiger partial charge is 0.338 e. The van der Waals surface area contributed by atoms with Crippen molar-refractivity contribution in [2.75, 3.05) is 5.32 Å². The van der Waals surface area contributed by atoms with Gasteiger partial charge >= 0.3 is 0 Å². The van der Waals surface area contributed by atoms with E-state index >= 15 is 0 Å². The maximum absolute atomic E-state index is 12.4. The van der Waals surface area contributed by atoms with Gasteiger partial charge in [0.1, 0.15) is 5.82 Å². The molecule has 0 aliphatic heterocycles. The summed E-state index contributed by atoms with van der Waals surface area (Å²) in [5.74, 6) is 0.437. The second-order valence-corrected chi connectivity index (χ2v) is 6.48. The summed E-state index contributed by atoms with van der Waals surface area (Å²) >= 11 is 12.0. The van der Waals surface area contributed by atoms with Gasteiger partial charge in [0.15, 0.2) is 0 Å². The summed E-state index contributed by atoms with van der Waals surface area (Å²) < 4.78 is 0. The van der Waals surface area contributed by atoms with Gasteiger partial charge in [-0.2, -0.15) is 0 Å². The minimum atomic E-state index is -0.306. The van der Waals surface area contributed by atoms with Crippen molar-refractivity contribution in [3.8, 4) is 11.4 Å². The lowest BCUT2D eigenvalue weighted by molar-refractivity contribution is 0.102. The number of hydrogen-bond acceptors (Lipinski definition) is 3. The van der Waals surface area contributed by atoms with E-state index in [0.29, 0.717) is 21.3 Å². The molecule has 2 aromatic carbocycles. The molecule has 128 valence electrons. The van der Waals surface area contributed by atoms with E-state index in [1.807, 2.05) is 24.3 Å². The van der Waals surface area contributed by atoms with Crippen LogP contribution in [0.5, 0.6) is 0 Å². The van der Waals surface area contributed by atoms with Crippen molar-refractivity contribution in [1.82, 2.24) is 15.0 Å². The van der Waals surface area contributed by atoms with Crippen LogP contribution in [0.25, 0.3) is 22.4 Å². The molecule has 2 aromatic heterocycles. The first-order valence-corrected chi connectivity index (χ1v) is 8.52. The van der Waals surface area contributed by atoms with E-state index in [1.54, 1.807) is 30.6 Å². The summed E-state index contributed by atoms with van der Waals surface area (Å²) in [5, 5.41) is 3.62. The zero-order valence-corrected chi connectivity index (χ0v) is 14.8. The van der Waals surface area contributed by atoms with Crippen LogP contribution in [-0.4, -0.2) is 20.9 Å². The molecule has 4 aromatic rings. The highest BCUT2D eigenvalue weighted by molar-refractivity contribution is 6.37. The Morgan fingerprint density at radius 3 is 2.58 bits per heavy atom. The van der Waals surface area contributed by atoms with Gasteiger partial charge in [0.25, 0.3) is 5.91 Å². The van der Waals surface area contributed by atoms with Gasteiger partial charge in [-0.15, -0.1) is 0 Å². The Bertz CT molecular complexity index is 1110. The molecule has 5 nitrogen and oxygen atoms in total. The highest BCUT2D eigenvalue weighted by Crippen LogP contribution is 2.25. The molecule has 0 atom stereocenters. The lowest BCUT2D eigenvalue weighted by atomic mass is 10.2. The van der Waals surface area contributed by atoms with Crippen molar-refractivity contribution in [2.45, 2.75) is 0 Å². The van der Waals surface area contributed by atoms with Crippen LogP contribution in [0.4, 0.5) is 5.69 Å². The first-order valence-electron chi connectivity index (χ1n) is 7.77. The zero-order valence-electron chi connectivity index (χ0n) is 13.3. The molecule has 0 bridgehead atoms. The van der Waals surface area contributed by atoms with Crippen LogP contribution in [0, 0.1) is 0 Å². The fourth-order valence-electron chi connectivity index (χ4n) is 2.61. The van der Waals surface area contributed by atoms with Crippen molar-refractivity contribution in [1.29, 1.82) is 0 Å². The molecule has 2 N–H and O–H groups in total. The average Bonchev–Trinajstić information content (AvgIpc) is 3.05. The third-order valence-corrected chi connectivity index (χ3v) is 4.42. The number of aromatic amines is 1. The van der Waals surface area contributed by atoms with Crippen LogP contribution in [-0.2, 0) is 0 Å². The predicted molar refractivity (Wildman–Crippen MR) is 104 cm³/mol. The van der Waals surface area contributed by atoms with Gasteiger partial charge in [-0.25, -0.2) is 4.98 Å². The van der Waals surface area contributed by atoms with E-state index in [4.69, 9.17) is 23.2 Å². The molecule has 2 heterocycles. The van der Waals surface area contributed by atoms with E-state index in [2.05, 4.69) is 20.3 Å². The molecule has 0 aliphatic carbocycles. The molecule has 0 aliphatic rings. The number of carbonyl (C=O) groups excluding carboxylic acids is 1. The topological polar surface area (TPSA) is 70.7 Å². The molecule has 0 fully saturated rings. The molecular weight excluding hydrogens is 371 g/mol. The number of aromatic nitrogens is 3. The highest BCUT2D eigenvalue weighted by Gasteiger charge is 2.12. The summed E-state index contributed by atoms with van der Waals surface area (Å²) in [5.41, 5.74) is 3.56. The van der Waals surface area contributed by atoms with Gasteiger partial charge in [0.05, 0.1) is 21.6 Å². The van der Waals surface area contributed by atoms with E-state index in [-0.39, 0.29) is 5.91 Å². The molecular formula is C19H12Cl2N4O.